The lowest BCUT2D eigenvalue weighted by Gasteiger charge is -2.11. The molecule has 1 aromatic carbocycles. The molecule has 0 saturated carbocycles. The number of carbonyl (C=O) groups is 2. The Balaban J connectivity index is 1.55. The molecule has 2 aromatic rings. The Labute approximate surface area is 158 Å². The third-order valence-electron chi connectivity index (χ3n) is 3.74. The van der Waals surface area contributed by atoms with Crippen LogP contribution in [0.5, 0.6) is 0 Å². The number of thioether (sulfide) groups is 2. The molecule has 1 aromatic heterocycles. The molecule has 1 aliphatic carbocycles. The molecule has 3 rings (SSSR count). The van der Waals surface area contributed by atoms with E-state index in [1.165, 1.54) is 52.4 Å². The highest BCUT2D eigenvalue weighted by molar-refractivity contribution is 8.04. The van der Waals surface area contributed by atoms with Crippen LogP contribution in [0.2, 0.25) is 0 Å². The summed E-state index contributed by atoms with van der Waals surface area (Å²) in [5, 5.41) is 10.7. The van der Waals surface area contributed by atoms with Gasteiger partial charge in [-0.1, -0.05) is 40.9 Å². The number of aromatic nitrogens is 2. The molecule has 132 valence electrons. The van der Waals surface area contributed by atoms with Crippen LogP contribution in [0.15, 0.2) is 26.9 Å². The van der Waals surface area contributed by atoms with Crippen LogP contribution in [0, 0.1) is 0 Å². The zero-order valence-electron chi connectivity index (χ0n) is 13.7. The van der Waals surface area contributed by atoms with Gasteiger partial charge in [-0.2, -0.15) is 0 Å². The molecular weight excluding hydrogens is 376 g/mol. The van der Waals surface area contributed by atoms with Gasteiger partial charge in [0.15, 0.2) is 8.68 Å². The topological polar surface area (TPSA) is 98.0 Å². The Morgan fingerprint density at radius 2 is 2.04 bits per heavy atom. The number of nitrogens with zero attached hydrogens (tertiary/aromatic N) is 2. The Bertz CT molecular complexity index is 793. The number of hydrogen-bond donors (Lipinski definition) is 2. The number of aryl methyl sites for hydroxylation is 2. The Morgan fingerprint density at radius 1 is 1.28 bits per heavy atom. The maximum atomic E-state index is 12.4. The van der Waals surface area contributed by atoms with Crippen LogP contribution in [-0.4, -0.2) is 33.0 Å². The van der Waals surface area contributed by atoms with Crippen LogP contribution in [-0.2, 0) is 22.4 Å². The maximum Gasteiger partial charge on any atom is 0.237 e. The molecular formula is C16H18N4O2S3. The lowest BCUT2D eigenvalue weighted by molar-refractivity contribution is -0.116. The third-order valence-corrected chi connectivity index (χ3v) is 7.00. The number of fused-ring (bicyclic) bond motifs is 1. The molecule has 6 nitrogen and oxygen atoms in total. The zero-order valence-corrected chi connectivity index (χ0v) is 16.1. The van der Waals surface area contributed by atoms with Crippen molar-refractivity contribution in [2.24, 2.45) is 5.73 Å². The number of primary amides is 1. The monoisotopic (exact) mass is 394 g/mol. The second-order valence-corrected chi connectivity index (χ2v) is 9.46. The zero-order chi connectivity index (χ0) is 17.8. The summed E-state index contributed by atoms with van der Waals surface area (Å²) in [5.41, 5.74) is 8.67. The van der Waals surface area contributed by atoms with Gasteiger partial charge in [0.05, 0.1) is 11.0 Å². The SMILES string of the molecule is C[C@@H](Sc1nnc(SCC(N)=O)s1)C(=O)Nc1ccc2c(c1)CCC2. The first kappa shape index (κ1) is 18.2. The molecule has 0 aliphatic heterocycles. The van der Waals surface area contributed by atoms with Crippen molar-refractivity contribution in [2.75, 3.05) is 11.1 Å². The number of amides is 2. The smallest absolute Gasteiger partial charge is 0.237 e. The van der Waals surface area contributed by atoms with Crippen molar-refractivity contribution in [1.82, 2.24) is 10.2 Å². The minimum Gasteiger partial charge on any atom is -0.369 e. The first-order valence-electron chi connectivity index (χ1n) is 7.85. The van der Waals surface area contributed by atoms with E-state index in [0.717, 1.165) is 18.5 Å². The van der Waals surface area contributed by atoms with Gasteiger partial charge < -0.3 is 11.1 Å². The molecule has 0 bridgehead atoms. The molecule has 0 fully saturated rings. The van der Waals surface area contributed by atoms with Gasteiger partial charge in [-0.05, 0) is 49.4 Å². The van der Waals surface area contributed by atoms with E-state index in [0.29, 0.717) is 8.68 Å². The lowest BCUT2D eigenvalue weighted by atomic mass is 10.1. The van der Waals surface area contributed by atoms with Crippen molar-refractivity contribution in [3.8, 4) is 0 Å². The summed E-state index contributed by atoms with van der Waals surface area (Å²) in [6.45, 7) is 1.84. The van der Waals surface area contributed by atoms with Crippen molar-refractivity contribution in [2.45, 2.75) is 40.1 Å². The molecule has 1 aliphatic rings. The average Bonchev–Trinajstić information content (AvgIpc) is 3.21. The third kappa shape index (κ3) is 4.96. The average molecular weight is 395 g/mol. The van der Waals surface area contributed by atoms with Crippen molar-refractivity contribution in [3.63, 3.8) is 0 Å². The molecule has 1 heterocycles. The summed E-state index contributed by atoms with van der Waals surface area (Å²) in [7, 11) is 0. The molecule has 9 heteroatoms. The Hall–Kier alpha value is -1.58. The highest BCUT2D eigenvalue weighted by atomic mass is 32.2. The quantitative estimate of drug-likeness (QED) is 0.701. The Morgan fingerprint density at radius 3 is 2.84 bits per heavy atom. The van der Waals surface area contributed by atoms with Crippen LogP contribution in [0.25, 0.3) is 0 Å². The molecule has 0 saturated heterocycles. The predicted molar refractivity (Wildman–Crippen MR) is 102 cm³/mol. The van der Waals surface area contributed by atoms with E-state index in [4.69, 9.17) is 5.73 Å². The number of carbonyl (C=O) groups excluding carboxylic acids is 2. The first-order chi connectivity index (χ1) is 12.0. The van der Waals surface area contributed by atoms with Crippen LogP contribution in [0.1, 0.15) is 24.5 Å². The number of nitrogens with one attached hydrogen (secondary N) is 1. The van der Waals surface area contributed by atoms with Gasteiger partial charge in [0.1, 0.15) is 0 Å². The molecule has 2 amide bonds. The van der Waals surface area contributed by atoms with Gasteiger partial charge in [-0.15, -0.1) is 10.2 Å². The number of anilines is 1. The van der Waals surface area contributed by atoms with Gasteiger partial charge in [0, 0.05) is 5.69 Å². The fourth-order valence-corrected chi connectivity index (χ4v) is 5.44. The molecule has 3 N–H and O–H groups in total. The summed E-state index contributed by atoms with van der Waals surface area (Å²) < 4.78 is 1.37. The maximum absolute atomic E-state index is 12.4. The molecule has 0 radical (unpaired) electrons. The second-order valence-electron chi connectivity index (χ2n) is 5.68. The Kier molecular flexibility index (Phi) is 5.98. The van der Waals surface area contributed by atoms with Crippen LogP contribution in [0.3, 0.4) is 0 Å². The van der Waals surface area contributed by atoms with Crippen molar-refractivity contribution in [3.05, 3.63) is 29.3 Å². The predicted octanol–water partition coefficient (Wildman–Crippen LogP) is 2.72. The minimum absolute atomic E-state index is 0.0653. The van der Waals surface area contributed by atoms with Gasteiger partial charge in [0.2, 0.25) is 11.8 Å². The van der Waals surface area contributed by atoms with E-state index < -0.39 is 5.91 Å². The summed E-state index contributed by atoms with van der Waals surface area (Å²) in [5.74, 6) is -0.283. The fraction of sp³-hybridized carbons (Fsp3) is 0.375. The highest BCUT2D eigenvalue weighted by Crippen LogP contribution is 2.32. The highest BCUT2D eigenvalue weighted by Gasteiger charge is 2.19. The molecule has 0 spiro atoms. The van der Waals surface area contributed by atoms with Crippen molar-refractivity contribution < 1.29 is 9.59 Å². The summed E-state index contributed by atoms with van der Waals surface area (Å²) >= 11 is 3.97. The summed E-state index contributed by atoms with van der Waals surface area (Å²) in [6.07, 6.45) is 3.40. The second kappa shape index (κ2) is 8.20. The first-order valence-corrected chi connectivity index (χ1v) is 10.5. The van der Waals surface area contributed by atoms with E-state index in [9.17, 15) is 9.59 Å². The minimum atomic E-state index is -0.392. The van der Waals surface area contributed by atoms with Gasteiger partial charge in [0.25, 0.3) is 0 Å². The number of benzene rings is 1. The summed E-state index contributed by atoms with van der Waals surface area (Å²) in [4.78, 5) is 23.2. The normalized spacial score (nSPS) is 14.1. The van der Waals surface area contributed by atoms with E-state index in [-0.39, 0.29) is 16.9 Å². The van der Waals surface area contributed by atoms with E-state index >= 15 is 0 Å². The van der Waals surface area contributed by atoms with Crippen LogP contribution in [0.4, 0.5) is 5.69 Å². The van der Waals surface area contributed by atoms with Crippen LogP contribution >= 0.6 is 34.9 Å². The lowest BCUT2D eigenvalue weighted by Crippen LogP contribution is -2.22. The molecule has 1 atom stereocenters. The van der Waals surface area contributed by atoms with E-state index in [1.54, 1.807) is 0 Å². The van der Waals surface area contributed by atoms with Crippen molar-refractivity contribution in [1.29, 1.82) is 0 Å². The summed E-state index contributed by atoms with van der Waals surface area (Å²) in [6, 6.07) is 6.13. The van der Waals surface area contributed by atoms with E-state index in [2.05, 4.69) is 27.6 Å². The molecule has 0 unspecified atom stereocenters. The number of hydrogen-bond acceptors (Lipinski definition) is 7. The van der Waals surface area contributed by atoms with Gasteiger partial charge >= 0.3 is 0 Å². The van der Waals surface area contributed by atoms with Crippen LogP contribution < -0.4 is 11.1 Å². The van der Waals surface area contributed by atoms with E-state index in [1.807, 2.05) is 13.0 Å². The fourth-order valence-electron chi connectivity index (χ4n) is 2.53. The number of nitrogens with two attached hydrogens (primary N) is 1. The van der Waals surface area contributed by atoms with Gasteiger partial charge in [-0.3, -0.25) is 9.59 Å². The largest absolute Gasteiger partial charge is 0.369 e. The number of rotatable bonds is 7. The van der Waals surface area contributed by atoms with Crippen molar-refractivity contribution >= 4 is 52.4 Å². The molecule has 25 heavy (non-hydrogen) atoms. The standard InChI is InChI=1S/C16H18N4O2S3/c1-9(24-16-20-19-15(25-16)23-8-13(17)21)14(22)18-12-6-5-10-3-2-4-11(10)7-12/h5-7,9H,2-4,8H2,1H3,(H2,17,21)(H,18,22)/t9-/m1/s1. The van der Waals surface area contributed by atoms with Gasteiger partial charge in [-0.25, -0.2) is 0 Å².